The van der Waals surface area contributed by atoms with Crippen molar-refractivity contribution in [2.24, 2.45) is 5.73 Å². The van der Waals surface area contributed by atoms with Crippen LogP contribution in [0.2, 0.25) is 0 Å². The SMILES string of the molecule is C=C(Nc1ccc(C2CCN(C)CC2)cc1)c1c(/C=C(\N)c2cncnc2C(C)C)cc[nH]c1=O. The van der Waals surface area contributed by atoms with Gasteiger partial charge in [-0.25, -0.2) is 9.97 Å². The summed E-state index contributed by atoms with van der Waals surface area (Å²) < 4.78 is 0. The fourth-order valence-electron chi connectivity index (χ4n) is 4.61. The van der Waals surface area contributed by atoms with Gasteiger partial charge in [-0.3, -0.25) is 4.79 Å². The fraction of sp³-hybridized carbons (Fsp3) is 0.321. The molecule has 1 saturated heterocycles. The highest BCUT2D eigenvalue weighted by atomic mass is 16.1. The van der Waals surface area contributed by atoms with Crippen molar-refractivity contribution in [1.82, 2.24) is 19.9 Å². The Hall–Kier alpha value is -3.71. The minimum atomic E-state index is -0.236. The summed E-state index contributed by atoms with van der Waals surface area (Å²) in [6.07, 6.45) is 8.98. The molecule has 7 heteroatoms. The van der Waals surface area contributed by atoms with Crippen LogP contribution in [0, 0.1) is 0 Å². The lowest BCUT2D eigenvalue weighted by Crippen LogP contribution is -2.29. The van der Waals surface area contributed by atoms with Gasteiger partial charge in [-0.05, 0) is 80.2 Å². The molecule has 35 heavy (non-hydrogen) atoms. The lowest BCUT2D eigenvalue weighted by Gasteiger charge is -2.29. The van der Waals surface area contributed by atoms with Gasteiger partial charge in [0.1, 0.15) is 6.33 Å². The maximum atomic E-state index is 12.8. The van der Waals surface area contributed by atoms with E-state index >= 15 is 0 Å². The number of nitrogens with one attached hydrogen (secondary N) is 2. The van der Waals surface area contributed by atoms with E-state index in [-0.39, 0.29) is 11.5 Å². The smallest absolute Gasteiger partial charge is 0.257 e. The largest absolute Gasteiger partial charge is 0.398 e. The van der Waals surface area contributed by atoms with E-state index in [0.29, 0.717) is 28.4 Å². The Morgan fingerprint density at radius 3 is 2.63 bits per heavy atom. The molecule has 0 radical (unpaired) electrons. The first-order valence-electron chi connectivity index (χ1n) is 12.1. The number of aromatic amines is 1. The second-order valence-corrected chi connectivity index (χ2v) is 9.52. The molecule has 0 atom stereocenters. The summed E-state index contributed by atoms with van der Waals surface area (Å²) in [7, 11) is 2.17. The monoisotopic (exact) mass is 470 g/mol. The predicted molar refractivity (Wildman–Crippen MR) is 144 cm³/mol. The molecule has 0 aliphatic carbocycles. The maximum Gasteiger partial charge on any atom is 0.257 e. The highest BCUT2D eigenvalue weighted by Crippen LogP contribution is 2.29. The molecule has 4 N–H and O–H groups in total. The summed E-state index contributed by atoms with van der Waals surface area (Å²) in [5.41, 5.74) is 12.2. The molecule has 1 aliphatic heterocycles. The molecular weight excluding hydrogens is 436 g/mol. The summed E-state index contributed by atoms with van der Waals surface area (Å²) in [6, 6.07) is 10.3. The molecule has 0 bridgehead atoms. The summed E-state index contributed by atoms with van der Waals surface area (Å²) in [4.78, 5) is 26.4. The van der Waals surface area contributed by atoms with Crippen LogP contribution in [0.3, 0.4) is 0 Å². The van der Waals surface area contributed by atoms with Crippen molar-refractivity contribution in [1.29, 1.82) is 0 Å². The molecule has 0 amide bonds. The number of rotatable bonds is 7. The predicted octanol–water partition coefficient (Wildman–Crippen LogP) is 4.64. The highest BCUT2D eigenvalue weighted by Gasteiger charge is 2.18. The third-order valence-electron chi connectivity index (χ3n) is 6.60. The van der Waals surface area contributed by atoms with Gasteiger partial charge in [0, 0.05) is 35.0 Å². The Balaban J connectivity index is 1.57. The van der Waals surface area contributed by atoms with Gasteiger partial charge in [0.15, 0.2) is 0 Å². The van der Waals surface area contributed by atoms with E-state index in [1.807, 2.05) is 6.07 Å². The number of likely N-dealkylation sites (tertiary alicyclic amines) is 1. The maximum absolute atomic E-state index is 12.8. The van der Waals surface area contributed by atoms with E-state index in [2.05, 4.69) is 76.9 Å². The number of benzene rings is 1. The van der Waals surface area contributed by atoms with Crippen molar-refractivity contribution in [3.63, 3.8) is 0 Å². The van der Waals surface area contributed by atoms with Crippen LogP contribution in [0.1, 0.15) is 66.5 Å². The number of nitrogens with two attached hydrogens (primary N) is 1. The van der Waals surface area contributed by atoms with Crippen LogP contribution in [-0.2, 0) is 0 Å². The Morgan fingerprint density at radius 2 is 1.94 bits per heavy atom. The first-order valence-corrected chi connectivity index (χ1v) is 12.1. The van der Waals surface area contributed by atoms with Crippen molar-refractivity contribution in [3.8, 4) is 0 Å². The summed E-state index contributed by atoms with van der Waals surface area (Å²) in [5, 5.41) is 3.30. The molecule has 3 heterocycles. The molecule has 0 saturated carbocycles. The third kappa shape index (κ3) is 5.69. The average molecular weight is 471 g/mol. The lowest BCUT2D eigenvalue weighted by molar-refractivity contribution is 0.255. The number of anilines is 1. The summed E-state index contributed by atoms with van der Waals surface area (Å²) in [5.74, 6) is 0.783. The highest BCUT2D eigenvalue weighted by molar-refractivity contribution is 5.86. The van der Waals surface area contributed by atoms with E-state index in [0.717, 1.165) is 30.0 Å². The molecule has 0 spiro atoms. The zero-order chi connectivity index (χ0) is 24.9. The first-order chi connectivity index (χ1) is 16.8. The van der Waals surface area contributed by atoms with Crippen molar-refractivity contribution in [2.75, 3.05) is 25.5 Å². The van der Waals surface area contributed by atoms with Gasteiger partial charge in [0.05, 0.1) is 11.3 Å². The lowest BCUT2D eigenvalue weighted by atomic mass is 9.89. The molecule has 1 fully saturated rings. The van der Waals surface area contributed by atoms with Crippen LogP contribution in [0.4, 0.5) is 5.69 Å². The van der Waals surface area contributed by atoms with Crippen LogP contribution < -0.4 is 16.6 Å². The molecule has 2 aromatic heterocycles. The molecule has 7 nitrogen and oxygen atoms in total. The van der Waals surface area contributed by atoms with E-state index in [4.69, 9.17) is 5.73 Å². The van der Waals surface area contributed by atoms with Gasteiger partial charge in [-0.15, -0.1) is 0 Å². The van der Waals surface area contributed by atoms with Gasteiger partial charge >= 0.3 is 0 Å². The van der Waals surface area contributed by atoms with E-state index in [9.17, 15) is 4.79 Å². The minimum Gasteiger partial charge on any atom is -0.398 e. The van der Waals surface area contributed by atoms with Crippen LogP contribution >= 0.6 is 0 Å². The Labute approximate surface area is 206 Å². The van der Waals surface area contributed by atoms with Crippen molar-refractivity contribution in [2.45, 2.75) is 38.5 Å². The van der Waals surface area contributed by atoms with Gasteiger partial charge < -0.3 is 20.9 Å². The van der Waals surface area contributed by atoms with Crippen LogP contribution in [0.15, 0.2) is 60.4 Å². The van der Waals surface area contributed by atoms with Crippen molar-refractivity contribution < 1.29 is 0 Å². The van der Waals surface area contributed by atoms with Gasteiger partial charge in [-0.2, -0.15) is 0 Å². The van der Waals surface area contributed by atoms with Crippen LogP contribution in [-0.4, -0.2) is 40.0 Å². The number of pyridine rings is 1. The molecule has 1 aromatic carbocycles. The zero-order valence-electron chi connectivity index (χ0n) is 20.7. The quantitative estimate of drug-likeness (QED) is 0.465. The molecule has 4 rings (SSSR count). The number of hydrogen-bond donors (Lipinski definition) is 3. The van der Waals surface area contributed by atoms with Gasteiger partial charge in [-0.1, -0.05) is 32.6 Å². The number of nitrogens with zero attached hydrogens (tertiary/aromatic N) is 3. The first kappa shape index (κ1) is 24.4. The fourth-order valence-corrected chi connectivity index (χ4v) is 4.61. The van der Waals surface area contributed by atoms with E-state index in [1.165, 1.54) is 24.7 Å². The number of H-pyrrole nitrogens is 1. The van der Waals surface area contributed by atoms with Crippen LogP contribution in [0.25, 0.3) is 17.5 Å². The van der Waals surface area contributed by atoms with E-state index < -0.39 is 0 Å². The molecule has 0 unspecified atom stereocenters. The van der Waals surface area contributed by atoms with Crippen molar-refractivity contribution >= 4 is 23.2 Å². The number of aromatic nitrogens is 3. The molecule has 3 aromatic rings. The molecule has 182 valence electrons. The molecular formula is C28H34N6O. The summed E-state index contributed by atoms with van der Waals surface area (Å²) in [6.45, 7) is 10.5. The standard InChI is InChI=1S/C28H34N6O/c1-18(2)27-24(16-30-17-32-27)25(29)15-22-9-12-31-28(35)26(22)19(3)33-23-7-5-20(6-8-23)21-10-13-34(4)14-11-21/h5-9,12,15-18,21,33H,3,10-11,13-14,29H2,1-2,4H3,(H,31,35)/b25-15-. The van der Waals surface area contributed by atoms with E-state index in [1.54, 1.807) is 18.5 Å². The van der Waals surface area contributed by atoms with Crippen LogP contribution in [0.5, 0.6) is 0 Å². The molecule has 1 aliphatic rings. The van der Waals surface area contributed by atoms with Crippen molar-refractivity contribution in [3.05, 3.63) is 93.9 Å². The normalized spacial score (nSPS) is 15.4. The second kappa shape index (κ2) is 10.7. The minimum absolute atomic E-state index is 0.188. The second-order valence-electron chi connectivity index (χ2n) is 9.52. The average Bonchev–Trinajstić information content (AvgIpc) is 2.85. The Morgan fingerprint density at radius 1 is 1.23 bits per heavy atom. The Bertz CT molecular complexity index is 1270. The Kier molecular flexibility index (Phi) is 7.46. The van der Waals surface area contributed by atoms with Gasteiger partial charge in [0.25, 0.3) is 5.56 Å². The number of hydrogen-bond acceptors (Lipinski definition) is 6. The zero-order valence-corrected chi connectivity index (χ0v) is 20.7. The number of piperidine rings is 1. The van der Waals surface area contributed by atoms with Gasteiger partial charge in [0.2, 0.25) is 0 Å². The third-order valence-corrected chi connectivity index (χ3v) is 6.60. The topological polar surface area (TPSA) is 99.9 Å². The summed E-state index contributed by atoms with van der Waals surface area (Å²) >= 11 is 0.